The molecule has 1 aromatic rings. The number of allylic oxidation sites excluding steroid dienone is 4. The minimum Gasteiger partial charge on any atom is -0.214 e. The summed E-state index contributed by atoms with van der Waals surface area (Å²) in [5.41, 5.74) is 2.42. The molecule has 1 aliphatic rings. The molecule has 1 aliphatic carbocycles. The molecule has 130 valence electrons. The van der Waals surface area contributed by atoms with E-state index in [0.29, 0.717) is 0 Å². The average Bonchev–Trinajstić information content (AvgIpc) is 2.99. The molecular weight excluding hydrogens is 320 g/mol. The van der Waals surface area contributed by atoms with E-state index in [4.69, 9.17) is 0 Å². The maximum absolute atomic E-state index is 2.44. The number of hydrogen-bond acceptors (Lipinski definition) is 0. The predicted molar refractivity (Wildman–Crippen MR) is 100 cm³/mol. The topological polar surface area (TPSA) is 0 Å². The smallest absolute Gasteiger partial charge is 0.214 e. The van der Waals surface area contributed by atoms with E-state index in [0.717, 1.165) is 0 Å². The summed E-state index contributed by atoms with van der Waals surface area (Å²) in [6, 6.07) is 10.0. The molecule has 0 aromatic heterocycles. The zero-order valence-corrected chi connectivity index (χ0v) is 17.6. The molecule has 1 heteroatoms. The van der Waals surface area contributed by atoms with E-state index < -0.39 is 0 Å². The third-order valence-electron chi connectivity index (χ3n) is 4.76. The molecule has 0 spiro atoms. The van der Waals surface area contributed by atoms with Gasteiger partial charge in [0.1, 0.15) is 0 Å². The van der Waals surface area contributed by atoms with Gasteiger partial charge in [0.05, 0.1) is 0 Å². The van der Waals surface area contributed by atoms with Crippen LogP contribution in [0.15, 0.2) is 54.1 Å². The van der Waals surface area contributed by atoms with E-state index in [9.17, 15) is 0 Å². The van der Waals surface area contributed by atoms with Gasteiger partial charge in [0.2, 0.25) is 0 Å². The van der Waals surface area contributed by atoms with Gasteiger partial charge >= 0.3 is 17.1 Å². The molecule has 0 heterocycles. The third-order valence-corrected chi connectivity index (χ3v) is 4.76. The summed E-state index contributed by atoms with van der Waals surface area (Å²) in [6.07, 6.45) is 7.04. The van der Waals surface area contributed by atoms with E-state index in [1.165, 1.54) is 0 Å². The standard InChI is InChI=1S/C17H30.C5H5.Fe/c1-14(2,3)13-11-10-12-17(13,15(4,5)6)16(7,8)9;1-2-4-5-3-1;/h10-12H,1-9H3;1-5H;/q;-1;+2. The van der Waals surface area contributed by atoms with Crippen LogP contribution in [0.3, 0.4) is 0 Å². The fraction of sp³-hybridized carbons (Fsp3) is 0.591. The van der Waals surface area contributed by atoms with Crippen LogP contribution in [0.1, 0.15) is 62.3 Å². The normalized spacial score (nSPS) is 17.0. The summed E-state index contributed by atoms with van der Waals surface area (Å²) >= 11 is 0. The molecule has 2 rings (SSSR count). The van der Waals surface area contributed by atoms with Crippen LogP contribution in [0.2, 0.25) is 0 Å². The molecule has 1 aromatic carbocycles. The van der Waals surface area contributed by atoms with E-state index in [1.54, 1.807) is 5.57 Å². The summed E-state index contributed by atoms with van der Waals surface area (Å²) in [5, 5.41) is 0. The van der Waals surface area contributed by atoms with Crippen molar-refractivity contribution in [2.45, 2.75) is 62.3 Å². The molecule has 0 nitrogen and oxygen atoms in total. The van der Waals surface area contributed by atoms with Gasteiger partial charge in [-0.25, -0.2) is 12.1 Å². The fourth-order valence-corrected chi connectivity index (χ4v) is 4.11. The zero-order valence-electron chi connectivity index (χ0n) is 16.5. The summed E-state index contributed by atoms with van der Waals surface area (Å²) in [7, 11) is 0. The molecule has 0 saturated carbocycles. The van der Waals surface area contributed by atoms with Gasteiger partial charge in [-0.05, 0) is 16.2 Å². The third kappa shape index (κ3) is 4.68. The van der Waals surface area contributed by atoms with Crippen LogP contribution in [-0.4, -0.2) is 0 Å². The SMILES string of the molecule is CC(C)(C)C1=CC=CC1(C(C)(C)C)C(C)(C)C.[Fe+2].c1cc[cH-]c1. The maximum Gasteiger partial charge on any atom is 2.00 e. The number of hydrogen-bond donors (Lipinski definition) is 0. The molecule has 0 amide bonds. The van der Waals surface area contributed by atoms with Crippen molar-refractivity contribution in [1.29, 1.82) is 0 Å². The van der Waals surface area contributed by atoms with Gasteiger partial charge in [-0.15, -0.1) is 0 Å². The summed E-state index contributed by atoms with van der Waals surface area (Å²) < 4.78 is 0. The van der Waals surface area contributed by atoms with Crippen molar-refractivity contribution in [2.24, 2.45) is 21.7 Å². The first-order valence-electron chi connectivity index (χ1n) is 8.41. The second kappa shape index (κ2) is 7.49. The van der Waals surface area contributed by atoms with Crippen LogP contribution in [-0.2, 0) is 17.1 Å². The first-order valence-corrected chi connectivity index (χ1v) is 8.41. The summed E-state index contributed by atoms with van der Waals surface area (Å²) in [6.45, 7) is 21.2. The Morgan fingerprint density at radius 3 is 1.43 bits per heavy atom. The Labute approximate surface area is 155 Å². The molecule has 0 aliphatic heterocycles. The Morgan fingerprint density at radius 1 is 0.783 bits per heavy atom. The van der Waals surface area contributed by atoms with E-state index in [2.05, 4.69) is 80.5 Å². The predicted octanol–water partition coefficient (Wildman–Crippen LogP) is 7.01. The van der Waals surface area contributed by atoms with Crippen LogP contribution < -0.4 is 0 Å². The van der Waals surface area contributed by atoms with Crippen molar-refractivity contribution < 1.29 is 17.1 Å². The molecule has 0 bridgehead atoms. The van der Waals surface area contributed by atoms with Gasteiger partial charge in [-0.1, -0.05) is 86.1 Å². The van der Waals surface area contributed by atoms with Crippen LogP contribution in [0, 0.1) is 21.7 Å². The Hall–Kier alpha value is -0.651. The van der Waals surface area contributed by atoms with Gasteiger partial charge in [-0.2, -0.15) is 18.2 Å². The molecule has 0 saturated heterocycles. The first kappa shape index (κ1) is 22.3. The van der Waals surface area contributed by atoms with Crippen LogP contribution in [0.4, 0.5) is 0 Å². The van der Waals surface area contributed by atoms with Crippen molar-refractivity contribution in [3.05, 3.63) is 54.1 Å². The second-order valence-electron chi connectivity index (χ2n) is 9.46. The Bertz CT molecular complexity index is 477. The van der Waals surface area contributed by atoms with Crippen molar-refractivity contribution in [2.75, 3.05) is 0 Å². The van der Waals surface area contributed by atoms with Gasteiger partial charge in [0.15, 0.2) is 0 Å². The monoisotopic (exact) mass is 355 g/mol. The summed E-state index contributed by atoms with van der Waals surface area (Å²) in [4.78, 5) is 0. The minimum atomic E-state index is 0. The summed E-state index contributed by atoms with van der Waals surface area (Å²) in [5.74, 6) is 0. The molecule has 0 atom stereocenters. The van der Waals surface area contributed by atoms with E-state index in [-0.39, 0.29) is 38.7 Å². The van der Waals surface area contributed by atoms with Crippen molar-refractivity contribution in [1.82, 2.24) is 0 Å². The quantitative estimate of drug-likeness (QED) is 0.347. The minimum absolute atomic E-state index is 0. The zero-order chi connectivity index (χ0) is 17.2. The first-order chi connectivity index (χ1) is 9.84. The van der Waals surface area contributed by atoms with E-state index >= 15 is 0 Å². The Morgan fingerprint density at radius 2 is 1.22 bits per heavy atom. The average molecular weight is 355 g/mol. The number of rotatable bonds is 0. The maximum atomic E-state index is 2.44. The van der Waals surface area contributed by atoms with Gasteiger partial charge < -0.3 is 0 Å². The second-order valence-corrected chi connectivity index (χ2v) is 9.46. The van der Waals surface area contributed by atoms with Gasteiger partial charge in [0.25, 0.3) is 0 Å². The van der Waals surface area contributed by atoms with Crippen LogP contribution in [0.25, 0.3) is 0 Å². The molecule has 0 unspecified atom stereocenters. The molecule has 0 N–H and O–H groups in total. The molecule has 23 heavy (non-hydrogen) atoms. The van der Waals surface area contributed by atoms with Gasteiger partial charge in [0, 0.05) is 5.41 Å². The van der Waals surface area contributed by atoms with Crippen LogP contribution >= 0.6 is 0 Å². The van der Waals surface area contributed by atoms with E-state index in [1.807, 2.05) is 30.3 Å². The molecule has 0 radical (unpaired) electrons. The van der Waals surface area contributed by atoms with Crippen molar-refractivity contribution in [3.8, 4) is 0 Å². The molecular formula is C22H35Fe+. The van der Waals surface area contributed by atoms with Crippen LogP contribution in [0.5, 0.6) is 0 Å². The van der Waals surface area contributed by atoms with Crippen molar-refractivity contribution in [3.63, 3.8) is 0 Å². The fourth-order valence-electron chi connectivity index (χ4n) is 4.11. The van der Waals surface area contributed by atoms with Crippen molar-refractivity contribution >= 4 is 0 Å². The molecule has 0 fully saturated rings. The Balaban J connectivity index is 0.000000684. The largest absolute Gasteiger partial charge is 2.00 e. The Kier molecular flexibility index (Phi) is 7.28. The van der Waals surface area contributed by atoms with Gasteiger partial charge in [-0.3, -0.25) is 0 Å².